The largest absolute Gasteiger partial charge is 0.0958 e. The molecule has 0 heterocycles. The summed E-state index contributed by atoms with van der Waals surface area (Å²) in [6.45, 7) is 16.6. The van der Waals surface area contributed by atoms with Crippen LogP contribution in [0.2, 0.25) is 0 Å². The minimum atomic E-state index is 1.03. The molecule has 0 atom stereocenters. The summed E-state index contributed by atoms with van der Waals surface area (Å²) in [6.07, 6.45) is 13.9. The highest BCUT2D eigenvalue weighted by Crippen LogP contribution is 2.17. The molecule has 19 heavy (non-hydrogen) atoms. The summed E-state index contributed by atoms with van der Waals surface area (Å²) in [6, 6.07) is 0. The lowest BCUT2D eigenvalue weighted by Crippen LogP contribution is -1.86. The summed E-state index contributed by atoms with van der Waals surface area (Å²) in [5, 5.41) is 0. The fourth-order valence-electron chi connectivity index (χ4n) is 1.67. The van der Waals surface area contributed by atoms with Crippen LogP contribution in [0.4, 0.5) is 0 Å². The van der Waals surface area contributed by atoms with Gasteiger partial charge in [-0.25, -0.2) is 0 Å². The standard InChI is InChI=1S/C19H28/c1-8-11-18(14-16(6)9-2)12-13-19(10-3)17(7)15(4)5/h8-9,11-14H,4,10H2,1-3,5-7H3/b11-8+,13-12+,16-9+,18-14+,19-17-. The van der Waals surface area contributed by atoms with Crippen LogP contribution in [0.3, 0.4) is 0 Å². The Morgan fingerprint density at radius 1 is 1.00 bits per heavy atom. The molecule has 0 aromatic heterocycles. The molecule has 0 aromatic carbocycles. The monoisotopic (exact) mass is 256 g/mol. The van der Waals surface area contributed by atoms with E-state index in [2.05, 4.69) is 77.7 Å². The van der Waals surface area contributed by atoms with Crippen molar-refractivity contribution >= 4 is 0 Å². The molecule has 0 amide bonds. The summed E-state index contributed by atoms with van der Waals surface area (Å²) in [5.74, 6) is 0. The molecule has 0 rings (SSSR count). The van der Waals surface area contributed by atoms with Crippen molar-refractivity contribution in [3.63, 3.8) is 0 Å². The second-order valence-electron chi connectivity index (χ2n) is 4.79. The number of rotatable bonds is 6. The van der Waals surface area contributed by atoms with Gasteiger partial charge in [-0.1, -0.05) is 61.1 Å². The Labute approximate surface area is 119 Å². The van der Waals surface area contributed by atoms with E-state index in [1.165, 1.54) is 22.3 Å². The Balaban J connectivity index is 5.36. The van der Waals surface area contributed by atoms with Gasteiger partial charge in [0.1, 0.15) is 0 Å². The van der Waals surface area contributed by atoms with Crippen molar-refractivity contribution in [2.75, 3.05) is 0 Å². The fraction of sp³-hybridized carbons (Fsp3) is 0.368. The van der Waals surface area contributed by atoms with Crippen LogP contribution in [0.15, 0.2) is 70.9 Å². The molecule has 0 heteroatoms. The topological polar surface area (TPSA) is 0 Å². The molecule has 0 aromatic rings. The van der Waals surface area contributed by atoms with E-state index in [1.54, 1.807) is 0 Å². The average molecular weight is 256 g/mol. The maximum atomic E-state index is 4.02. The Morgan fingerprint density at radius 2 is 1.63 bits per heavy atom. The Kier molecular flexibility index (Phi) is 8.61. The smallest absolute Gasteiger partial charge is 0.0257 e. The zero-order chi connectivity index (χ0) is 14.8. The van der Waals surface area contributed by atoms with E-state index >= 15 is 0 Å². The molecule has 0 unspecified atom stereocenters. The summed E-state index contributed by atoms with van der Waals surface area (Å²) in [7, 11) is 0. The van der Waals surface area contributed by atoms with Crippen LogP contribution in [0, 0.1) is 0 Å². The molecular formula is C19H28. The Morgan fingerprint density at radius 3 is 2.05 bits per heavy atom. The van der Waals surface area contributed by atoms with Gasteiger partial charge in [0.2, 0.25) is 0 Å². The van der Waals surface area contributed by atoms with Crippen LogP contribution in [0.25, 0.3) is 0 Å². The van der Waals surface area contributed by atoms with Crippen molar-refractivity contribution in [2.24, 2.45) is 0 Å². The first-order valence-electron chi connectivity index (χ1n) is 6.97. The van der Waals surface area contributed by atoms with Crippen molar-refractivity contribution in [2.45, 2.75) is 48.0 Å². The molecule has 0 saturated carbocycles. The van der Waals surface area contributed by atoms with Gasteiger partial charge < -0.3 is 0 Å². The maximum absolute atomic E-state index is 4.02. The highest BCUT2D eigenvalue weighted by molar-refractivity contribution is 5.42. The molecule has 0 aliphatic carbocycles. The maximum Gasteiger partial charge on any atom is -0.0257 e. The third kappa shape index (κ3) is 6.81. The molecule has 0 spiro atoms. The van der Waals surface area contributed by atoms with Gasteiger partial charge in [-0.3, -0.25) is 0 Å². The van der Waals surface area contributed by atoms with E-state index in [-0.39, 0.29) is 0 Å². The van der Waals surface area contributed by atoms with E-state index in [0.29, 0.717) is 0 Å². The van der Waals surface area contributed by atoms with Crippen molar-refractivity contribution in [3.05, 3.63) is 70.9 Å². The molecule has 0 nitrogen and oxygen atoms in total. The normalized spacial score (nSPS) is 15.3. The molecule has 0 aliphatic heterocycles. The van der Waals surface area contributed by atoms with Crippen LogP contribution >= 0.6 is 0 Å². The van der Waals surface area contributed by atoms with Crippen molar-refractivity contribution in [3.8, 4) is 0 Å². The second kappa shape index (κ2) is 9.38. The average Bonchev–Trinajstić information content (AvgIpc) is 2.38. The zero-order valence-electron chi connectivity index (χ0n) is 13.4. The minimum absolute atomic E-state index is 1.03. The van der Waals surface area contributed by atoms with Gasteiger partial charge in [0.15, 0.2) is 0 Å². The van der Waals surface area contributed by atoms with Gasteiger partial charge in [-0.2, -0.15) is 0 Å². The second-order valence-corrected chi connectivity index (χ2v) is 4.79. The first-order chi connectivity index (χ1) is 8.96. The van der Waals surface area contributed by atoms with Crippen LogP contribution in [-0.2, 0) is 0 Å². The minimum Gasteiger partial charge on any atom is -0.0958 e. The fourth-order valence-corrected chi connectivity index (χ4v) is 1.67. The molecule has 0 fully saturated rings. The lowest BCUT2D eigenvalue weighted by molar-refractivity contribution is 1.10. The Hall–Kier alpha value is -1.56. The summed E-state index contributed by atoms with van der Waals surface area (Å²) < 4.78 is 0. The van der Waals surface area contributed by atoms with Crippen molar-refractivity contribution in [1.82, 2.24) is 0 Å². The molecule has 0 saturated heterocycles. The first kappa shape index (κ1) is 17.4. The SMILES string of the molecule is C=C(C)\C(C)=C(/C=C/C(/C=C/C)=C/C(C)=C/C)CC. The molecule has 0 bridgehead atoms. The van der Waals surface area contributed by atoms with Crippen molar-refractivity contribution < 1.29 is 0 Å². The van der Waals surface area contributed by atoms with Gasteiger partial charge >= 0.3 is 0 Å². The third-order valence-corrected chi connectivity index (χ3v) is 3.19. The highest BCUT2D eigenvalue weighted by atomic mass is 14.0. The van der Waals surface area contributed by atoms with Gasteiger partial charge in [0.05, 0.1) is 0 Å². The lowest BCUT2D eigenvalue weighted by atomic mass is 10.0. The summed E-state index contributed by atoms with van der Waals surface area (Å²) in [4.78, 5) is 0. The van der Waals surface area contributed by atoms with E-state index in [4.69, 9.17) is 0 Å². The van der Waals surface area contributed by atoms with Crippen LogP contribution in [0.1, 0.15) is 48.0 Å². The number of hydrogen-bond donors (Lipinski definition) is 0. The summed E-state index contributed by atoms with van der Waals surface area (Å²) in [5.41, 5.74) is 6.28. The third-order valence-electron chi connectivity index (χ3n) is 3.19. The van der Waals surface area contributed by atoms with Crippen LogP contribution in [-0.4, -0.2) is 0 Å². The van der Waals surface area contributed by atoms with E-state index in [1.807, 2.05) is 6.92 Å². The quantitative estimate of drug-likeness (QED) is 0.488. The van der Waals surface area contributed by atoms with Crippen molar-refractivity contribution in [1.29, 1.82) is 0 Å². The first-order valence-corrected chi connectivity index (χ1v) is 6.97. The molecule has 0 aliphatic rings. The molecule has 0 radical (unpaired) electrons. The Bertz CT molecular complexity index is 448. The van der Waals surface area contributed by atoms with Crippen LogP contribution < -0.4 is 0 Å². The van der Waals surface area contributed by atoms with E-state index < -0.39 is 0 Å². The predicted octanol–water partition coefficient (Wildman–Crippen LogP) is 6.31. The van der Waals surface area contributed by atoms with Gasteiger partial charge in [0, 0.05) is 0 Å². The summed E-state index contributed by atoms with van der Waals surface area (Å²) >= 11 is 0. The zero-order valence-corrected chi connectivity index (χ0v) is 13.4. The predicted molar refractivity (Wildman–Crippen MR) is 89.3 cm³/mol. The van der Waals surface area contributed by atoms with Gasteiger partial charge in [-0.15, -0.1) is 0 Å². The number of allylic oxidation sites excluding steroid dienone is 11. The molecular weight excluding hydrogens is 228 g/mol. The lowest BCUT2D eigenvalue weighted by Gasteiger charge is -2.06. The molecule has 104 valence electrons. The number of hydrogen-bond acceptors (Lipinski definition) is 0. The van der Waals surface area contributed by atoms with Gasteiger partial charge in [-0.05, 0) is 57.8 Å². The van der Waals surface area contributed by atoms with Gasteiger partial charge in [0.25, 0.3) is 0 Å². The van der Waals surface area contributed by atoms with E-state index in [0.717, 1.165) is 12.0 Å². The highest BCUT2D eigenvalue weighted by Gasteiger charge is 1.97. The van der Waals surface area contributed by atoms with E-state index in [9.17, 15) is 0 Å². The molecule has 0 N–H and O–H groups in total. The van der Waals surface area contributed by atoms with Crippen LogP contribution in [0.5, 0.6) is 0 Å².